The molecule has 0 spiro atoms. The van der Waals surface area contributed by atoms with Gasteiger partial charge in [-0.1, -0.05) is 6.42 Å². The van der Waals surface area contributed by atoms with E-state index in [0.29, 0.717) is 13.0 Å². The smallest absolute Gasteiger partial charge is 0.305 e. The zero-order valence-corrected chi connectivity index (χ0v) is 10.1. The van der Waals surface area contributed by atoms with E-state index in [0.717, 1.165) is 31.8 Å². The molecule has 4 nitrogen and oxygen atoms in total. The quantitative estimate of drug-likeness (QED) is 0.575. The van der Waals surface area contributed by atoms with Gasteiger partial charge < -0.3 is 10.1 Å². The van der Waals surface area contributed by atoms with Gasteiger partial charge in [-0.15, -0.1) is 0 Å². The van der Waals surface area contributed by atoms with Crippen LogP contribution in [0.5, 0.6) is 0 Å². The average Bonchev–Trinajstić information content (AvgIpc) is 2.53. The zero-order valence-electron chi connectivity index (χ0n) is 10.1. The fourth-order valence-corrected chi connectivity index (χ4v) is 1.72. The van der Waals surface area contributed by atoms with E-state index in [-0.39, 0.29) is 5.97 Å². The summed E-state index contributed by atoms with van der Waals surface area (Å²) in [7, 11) is 0. The predicted octanol–water partition coefficient (Wildman–Crippen LogP) is 1.89. The number of hydrogen-bond donors (Lipinski definition) is 1. The molecule has 0 saturated carbocycles. The Balaban J connectivity index is 2.05. The molecule has 0 aliphatic carbocycles. The number of carbonyl (C=O) groups is 1. The maximum atomic E-state index is 11.1. The number of carbonyl (C=O) groups excluding carboxylic acids is 1. The van der Waals surface area contributed by atoms with Crippen molar-refractivity contribution in [3.8, 4) is 0 Å². The largest absolute Gasteiger partial charge is 0.466 e. The molecular weight excluding hydrogens is 204 g/mol. The Labute approximate surface area is 97.5 Å². The third-order valence-electron chi connectivity index (χ3n) is 2.57. The lowest BCUT2D eigenvalue weighted by Gasteiger charge is -2.07. The van der Waals surface area contributed by atoms with E-state index in [1.807, 2.05) is 6.92 Å². The molecule has 0 aromatic carbocycles. The van der Waals surface area contributed by atoms with Gasteiger partial charge in [0.15, 0.2) is 0 Å². The molecule has 0 bridgehead atoms. The van der Waals surface area contributed by atoms with Gasteiger partial charge >= 0.3 is 5.97 Å². The van der Waals surface area contributed by atoms with Crippen LogP contribution in [0.2, 0.25) is 0 Å². The molecule has 0 atom stereocenters. The number of nitrogens with one attached hydrogen (secondary N) is 1. The lowest BCUT2D eigenvalue weighted by Crippen LogP contribution is -2.25. The van der Waals surface area contributed by atoms with Crippen molar-refractivity contribution in [2.24, 2.45) is 4.99 Å². The fraction of sp³-hybridized carbons (Fsp3) is 0.833. The molecule has 1 N–H and O–H groups in total. The second kappa shape index (κ2) is 8.13. The minimum atomic E-state index is -0.105. The number of amidine groups is 1. The first-order valence-electron chi connectivity index (χ1n) is 6.25. The highest BCUT2D eigenvalue weighted by atomic mass is 16.5. The molecule has 0 unspecified atom stereocenters. The molecule has 0 amide bonds. The first kappa shape index (κ1) is 13.0. The Morgan fingerprint density at radius 1 is 1.44 bits per heavy atom. The van der Waals surface area contributed by atoms with E-state index < -0.39 is 0 Å². The molecule has 92 valence electrons. The van der Waals surface area contributed by atoms with Crippen molar-refractivity contribution in [2.45, 2.75) is 45.4 Å². The van der Waals surface area contributed by atoms with Crippen molar-refractivity contribution in [1.82, 2.24) is 5.32 Å². The lowest BCUT2D eigenvalue weighted by molar-refractivity contribution is -0.143. The number of ether oxygens (including phenoxy) is 1. The van der Waals surface area contributed by atoms with Crippen LogP contribution in [0.15, 0.2) is 4.99 Å². The van der Waals surface area contributed by atoms with Crippen LogP contribution in [0.4, 0.5) is 0 Å². The van der Waals surface area contributed by atoms with Gasteiger partial charge in [0.1, 0.15) is 0 Å². The van der Waals surface area contributed by atoms with Gasteiger partial charge in [-0.2, -0.15) is 0 Å². The third-order valence-corrected chi connectivity index (χ3v) is 2.57. The van der Waals surface area contributed by atoms with Gasteiger partial charge in [-0.05, 0) is 26.2 Å². The number of nitrogens with zero attached hydrogens (tertiary/aromatic N) is 1. The van der Waals surface area contributed by atoms with Crippen molar-refractivity contribution in [2.75, 3.05) is 19.7 Å². The van der Waals surface area contributed by atoms with Crippen LogP contribution in [0.25, 0.3) is 0 Å². The summed E-state index contributed by atoms with van der Waals surface area (Å²) in [6.07, 6.45) is 6.07. The van der Waals surface area contributed by atoms with E-state index >= 15 is 0 Å². The van der Waals surface area contributed by atoms with Crippen LogP contribution in [0.1, 0.15) is 45.4 Å². The Bertz CT molecular complexity index is 239. The molecule has 1 aliphatic heterocycles. The van der Waals surface area contributed by atoms with Gasteiger partial charge in [0.25, 0.3) is 0 Å². The summed E-state index contributed by atoms with van der Waals surface area (Å²) in [5, 5.41) is 3.30. The highest BCUT2D eigenvalue weighted by molar-refractivity contribution is 5.82. The van der Waals surface area contributed by atoms with Crippen molar-refractivity contribution in [1.29, 1.82) is 0 Å². The molecule has 0 aromatic heterocycles. The van der Waals surface area contributed by atoms with E-state index in [1.165, 1.54) is 19.3 Å². The minimum absolute atomic E-state index is 0.105. The average molecular weight is 226 g/mol. The summed E-state index contributed by atoms with van der Waals surface area (Å²) >= 11 is 0. The summed E-state index contributed by atoms with van der Waals surface area (Å²) < 4.78 is 4.86. The standard InChI is InChI=1S/C12H22N2O2/c1-2-16-12(15)8-6-10-14-11-7-4-3-5-9-13-11/h2-10H2,1H3,(H,13,14). The van der Waals surface area contributed by atoms with Crippen LogP contribution in [-0.2, 0) is 9.53 Å². The highest BCUT2D eigenvalue weighted by Crippen LogP contribution is 2.06. The molecule has 1 heterocycles. The molecule has 16 heavy (non-hydrogen) atoms. The monoisotopic (exact) mass is 226 g/mol. The molecule has 0 aromatic rings. The van der Waals surface area contributed by atoms with E-state index in [2.05, 4.69) is 10.3 Å². The Morgan fingerprint density at radius 2 is 2.31 bits per heavy atom. The number of esters is 1. The predicted molar refractivity (Wildman–Crippen MR) is 64.6 cm³/mol. The molecule has 0 radical (unpaired) electrons. The summed E-state index contributed by atoms with van der Waals surface area (Å²) in [5.74, 6) is 1.01. The number of aliphatic imine (C=N–C) groups is 1. The van der Waals surface area contributed by atoms with E-state index in [4.69, 9.17) is 4.74 Å². The van der Waals surface area contributed by atoms with Crippen molar-refractivity contribution >= 4 is 11.8 Å². The molecule has 1 aliphatic rings. The van der Waals surface area contributed by atoms with E-state index in [1.54, 1.807) is 0 Å². The molecule has 0 fully saturated rings. The summed E-state index contributed by atoms with van der Waals surface area (Å²) in [6, 6.07) is 0. The number of rotatable bonds is 5. The normalized spacial score (nSPS) is 16.2. The third kappa shape index (κ3) is 5.73. The second-order valence-electron chi connectivity index (χ2n) is 3.97. The van der Waals surface area contributed by atoms with Gasteiger partial charge in [0, 0.05) is 25.9 Å². The summed E-state index contributed by atoms with van der Waals surface area (Å²) in [5.41, 5.74) is 0. The Kier molecular flexibility index (Phi) is 6.61. The van der Waals surface area contributed by atoms with Crippen molar-refractivity contribution < 1.29 is 9.53 Å². The molecule has 0 saturated heterocycles. The maximum Gasteiger partial charge on any atom is 0.305 e. The molecular formula is C12H22N2O2. The SMILES string of the molecule is CCOC(=O)CCCNC1=NCCCCC1. The van der Waals surface area contributed by atoms with Crippen LogP contribution >= 0.6 is 0 Å². The Hall–Kier alpha value is -1.06. The van der Waals surface area contributed by atoms with Crippen LogP contribution < -0.4 is 5.32 Å². The summed E-state index contributed by atoms with van der Waals surface area (Å²) in [4.78, 5) is 15.5. The molecule has 4 heteroatoms. The second-order valence-corrected chi connectivity index (χ2v) is 3.97. The van der Waals surface area contributed by atoms with E-state index in [9.17, 15) is 4.79 Å². The van der Waals surface area contributed by atoms with Crippen molar-refractivity contribution in [3.63, 3.8) is 0 Å². The van der Waals surface area contributed by atoms with Gasteiger partial charge in [-0.3, -0.25) is 9.79 Å². The zero-order chi connectivity index (χ0) is 11.6. The van der Waals surface area contributed by atoms with Crippen LogP contribution in [-0.4, -0.2) is 31.5 Å². The fourth-order valence-electron chi connectivity index (χ4n) is 1.72. The molecule has 1 rings (SSSR count). The number of hydrogen-bond acceptors (Lipinski definition) is 4. The topological polar surface area (TPSA) is 50.7 Å². The van der Waals surface area contributed by atoms with Gasteiger partial charge in [0.05, 0.1) is 12.4 Å². The van der Waals surface area contributed by atoms with Crippen LogP contribution in [0, 0.1) is 0 Å². The summed E-state index contributed by atoms with van der Waals surface area (Å²) in [6.45, 7) is 4.06. The lowest BCUT2D eigenvalue weighted by atomic mass is 10.2. The first-order valence-corrected chi connectivity index (χ1v) is 6.25. The van der Waals surface area contributed by atoms with Gasteiger partial charge in [0.2, 0.25) is 0 Å². The van der Waals surface area contributed by atoms with Crippen LogP contribution in [0.3, 0.4) is 0 Å². The minimum Gasteiger partial charge on any atom is -0.466 e. The Morgan fingerprint density at radius 3 is 3.12 bits per heavy atom. The maximum absolute atomic E-state index is 11.1. The van der Waals surface area contributed by atoms with Crippen molar-refractivity contribution in [3.05, 3.63) is 0 Å². The first-order chi connectivity index (χ1) is 7.83. The highest BCUT2D eigenvalue weighted by Gasteiger charge is 2.04. The van der Waals surface area contributed by atoms with Gasteiger partial charge in [-0.25, -0.2) is 0 Å².